The molecule has 172 valence electrons. The number of nitrogens with one attached hydrogen (secondary N) is 3. The first-order valence-electron chi connectivity index (χ1n) is 11.3. The quantitative estimate of drug-likeness (QED) is 0.560. The molecule has 0 atom stereocenters. The first kappa shape index (κ1) is 25.2. The summed E-state index contributed by atoms with van der Waals surface area (Å²) >= 11 is 6.10. The monoisotopic (exact) mass is 447 g/mol. The van der Waals surface area contributed by atoms with Crippen LogP contribution in [0, 0.1) is 13.8 Å². The van der Waals surface area contributed by atoms with Gasteiger partial charge in [0.25, 0.3) is 5.91 Å². The zero-order valence-electron chi connectivity index (χ0n) is 19.6. The summed E-state index contributed by atoms with van der Waals surface area (Å²) in [6, 6.07) is 4.43. The molecule has 1 fully saturated rings. The number of carbonyl (C=O) groups excluding carboxylic acids is 1. The Bertz CT molecular complexity index is 827. The largest absolute Gasteiger partial charge is 0.385 e. The molecule has 0 saturated heterocycles. The molecule has 7 heteroatoms. The lowest BCUT2D eigenvalue weighted by Gasteiger charge is -2.27. The van der Waals surface area contributed by atoms with Crippen molar-refractivity contribution in [2.45, 2.75) is 65.3 Å². The van der Waals surface area contributed by atoms with Gasteiger partial charge in [-0.2, -0.15) is 0 Å². The van der Waals surface area contributed by atoms with Crippen LogP contribution in [0.15, 0.2) is 18.5 Å². The predicted molar refractivity (Wildman–Crippen MR) is 130 cm³/mol. The normalized spacial score (nSPS) is 14.2. The smallest absolute Gasteiger partial charge is 0.251 e. The second-order valence-corrected chi connectivity index (χ2v) is 8.83. The molecule has 0 bridgehead atoms. The highest BCUT2D eigenvalue weighted by molar-refractivity contribution is 6.31. The van der Waals surface area contributed by atoms with Gasteiger partial charge in [-0.1, -0.05) is 30.9 Å². The van der Waals surface area contributed by atoms with Crippen molar-refractivity contribution in [3.8, 4) is 0 Å². The van der Waals surface area contributed by atoms with Crippen LogP contribution >= 0.6 is 11.6 Å². The highest BCUT2D eigenvalue weighted by Crippen LogP contribution is 2.25. The van der Waals surface area contributed by atoms with E-state index in [1.54, 1.807) is 12.4 Å². The first-order chi connectivity index (χ1) is 14.8. The molecule has 0 aliphatic heterocycles. The Morgan fingerprint density at radius 3 is 2.48 bits per heavy atom. The van der Waals surface area contributed by atoms with Crippen LogP contribution in [0.25, 0.3) is 0 Å². The first-order valence-corrected chi connectivity index (χ1v) is 11.7. The van der Waals surface area contributed by atoms with Crippen LogP contribution in [-0.4, -0.2) is 54.0 Å². The molecule has 0 unspecified atom stereocenters. The van der Waals surface area contributed by atoms with Crippen LogP contribution in [0.5, 0.6) is 0 Å². The summed E-state index contributed by atoms with van der Waals surface area (Å²) < 4.78 is 0. The number of hydrogen-bond donors (Lipinski definition) is 3. The fourth-order valence-corrected chi connectivity index (χ4v) is 4.13. The van der Waals surface area contributed by atoms with E-state index in [1.165, 1.54) is 32.1 Å². The number of nitrogens with zero attached hydrogens (tertiary/aromatic N) is 2. The van der Waals surface area contributed by atoms with Gasteiger partial charge in [0.15, 0.2) is 0 Å². The highest BCUT2D eigenvalue weighted by atomic mass is 35.5. The fourth-order valence-electron chi connectivity index (χ4n) is 3.92. The zero-order valence-corrected chi connectivity index (χ0v) is 20.4. The van der Waals surface area contributed by atoms with Gasteiger partial charge in [-0.25, -0.2) is 4.98 Å². The SMILES string of the molecule is CCNc1cc(Cl)cc(C(=O)NCCc2nc[nH]c2C)c1C.CN(C)C1CCCCC1. The molecule has 1 aromatic heterocycles. The van der Waals surface area contributed by atoms with Gasteiger partial charge in [-0.3, -0.25) is 4.79 Å². The van der Waals surface area contributed by atoms with E-state index in [-0.39, 0.29) is 5.91 Å². The van der Waals surface area contributed by atoms with E-state index in [2.05, 4.69) is 39.6 Å². The Labute approximate surface area is 192 Å². The molecule has 1 aliphatic rings. The van der Waals surface area contributed by atoms with Crippen molar-refractivity contribution >= 4 is 23.2 Å². The number of rotatable bonds is 7. The van der Waals surface area contributed by atoms with Crippen LogP contribution < -0.4 is 10.6 Å². The van der Waals surface area contributed by atoms with E-state index < -0.39 is 0 Å². The molecule has 1 saturated carbocycles. The predicted octanol–water partition coefficient (Wildman–Crippen LogP) is 4.96. The van der Waals surface area contributed by atoms with Crippen molar-refractivity contribution in [3.63, 3.8) is 0 Å². The number of benzene rings is 1. The van der Waals surface area contributed by atoms with E-state index in [0.717, 1.165) is 35.2 Å². The van der Waals surface area contributed by atoms with Gasteiger partial charge in [0.1, 0.15) is 0 Å². The van der Waals surface area contributed by atoms with Gasteiger partial charge in [0, 0.05) is 47.5 Å². The summed E-state index contributed by atoms with van der Waals surface area (Å²) in [7, 11) is 4.38. The van der Waals surface area contributed by atoms with Crippen molar-refractivity contribution in [2.24, 2.45) is 0 Å². The maximum atomic E-state index is 12.4. The third kappa shape index (κ3) is 7.86. The summed E-state index contributed by atoms with van der Waals surface area (Å²) in [6.45, 7) is 7.20. The second-order valence-electron chi connectivity index (χ2n) is 8.39. The molecule has 3 rings (SSSR count). The van der Waals surface area contributed by atoms with E-state index in [4.69, 9.17) is 11.6 Å². The number of H-pyrrole nitrogens is 1. The number of imidazole rings is 1. The highest BCUT2D eigenvalue weighted by Gasteiger charge is 2.14. The summed E-state index contributed by atoms with van der Waals surface area (Å²) in [5, 5.41) is 6.69. The summed E-state index contributed by atoms with van der Waals surface area (Å²) in [5.74, 6) is -0.118. The third-order valence-electron chi connectivity index (χ3n) is 5.87. The molecule has 3 N–H and O–H groups in total. The lowest BCUT2D eigenvalue weighted by Crippen LogP contribution is -2.29. The molecule has 0 spiro atoms. The number of aromatic nitrogens is 2. The summed E-state index contributed by atoms with van der Waals surface area (Å²) in [6.07, 6.45) is 9.56. The van der Waals surface area contributed by atoms with Gasteiger partial charge in [0.2, 0.25) is 0 Å². The van der Waals surface area contributed by atoms with Crippen molar-refractivity contribution in [2.75, 3.05) is 32.5 Å². The van der Waals surface area contributed by atoms with E-state index in [0.29, 0.717) is 23.6 Å². The van der Waals surface area contributed by atoms with Gasteiger partial charge in [-0.05, 0) is 65.4 Å². The van der Waals surface area contributed by atoms with Crippen molar-refractivity contribution in [1.82, 2.24) is 20.2 Å². The molecule has 1 aromatic carbocycles. The van der Waals surface area contributed by atoms with E-state index in [9.17, 15) is 4.79 Å². The molecule has 1 aliphatic carbocycles. The number of hydrogen-bond acceptors (Lipinski definition) is 4. The summed E-state index contributed by atoms with van der Waals surface area (Å²) in [5.41, 5.74) is 4.39. The topological polar surface area (TPSA) is 73.0 Å². The Morgan fingerprint density at radius 2 is 1.94 bits per heavy atom. The summed E-state index contributed by atoms with van der Waals surface area (Å²) in [4.78, 5) is 22.0. The van der Waals surface area contributed by atoms with Crippen LogP contribution in [0.1, 0.15) is 66.3 Å². The molecular formula is C24H38ClN5O. The van der Waals surface area contributed by atoms with E-state index >= 15 is 0 Å². The van der Waals surface area contributed by atoms with Gasteiger partial charge in [-0.15, -0.1) is 0 Å². The number of halogens is 1. The zero-order chi connectivity index (χ0) is 22.8. The Morgan fingerprint density at radius 1 is 1.23 bits per heavy atom. The van der Waals surface area contributed by atoms with E-state index in [1.807, 2.05) is 26.8 Å². The minimum absolute atomic E-state index is 0.118. The molecule has 1 heterocycles. The van der Waals surface area contributed by atoms with Gasteiger partial charge >= 0.3 is 0 Å². The average molecular weight is 448 g/mol. The lowest BCUT2D eigenvalue weighted by molar-refractivity contribution is 0.0953. The van der Waals surface area contributed by atoms with Gasteiger partial charge < -0.3 is 20.5 Å². The molecule has 31 heavy (non-hydrogen) atoms. The minimum atomic E-state index is -0.118. The van der Waals surface area contributed by atoms with Crippen LogP contribution in [-0.2, 0) is 6.42 Å². The standard InChI is InChI=1S/C16H21ClN4O.C8H17N/c1-4-18-15-8-12(17)7-13(10(15)2)16(22)19-6-5-14-11(3)20-9-21-14;1-9(2)8-6-4-3-5-7-8/h7-9,18H,4-6H2,1-3H3,(H,19,22)(H,20,21);8H,3-7H2,1-2H3. The Balaban J connectivity index is 0.000000316. The molecule has 6 nitrogen and oxygen atoms in total. The molecular weight excluding hydrogens is 410 g/mol. The number of carbonyl (C=O) groups is 1. The molecule has 2 aromatic rings. The van der Waals surface area contributed by atoms with Crippen molar-refractivity contribution < 1.29 is 4.79 Å². The van der Waals surface area contributed by atoms with Crippen molar-refractivity contribution in [3.05, 3.63) is 46.0 Å². The second kappa shape index (κ2) is 12.7. The Kier molecular flexibility index (Phi) is 10.3. The average Bonchev–Trinajstić information content (AvgIpc) is 3.16. The molecule has 1 amide bonds. The number of anilines is 1. The maximum absolute atomic E-state index is 12.4. The van der Waals surface area contributed by atoms with Crippen LogP contribution in [0.4, 0.5) is 5.69 Å². The third-order valence-corrected chi connectivity index (χ3v) is 6.09. The number of amides is 1. The van der Waals surface area contributed by atoms with Gasteiger partial charge in [0.05, 0.1) is 12.0 Å². The van der Waals surface area contributed by atoms with Crippen LogP contribution in [0.2, 0.25) is 5.02 Å². The van der Waals surface area contributed by atoms with Crippen LogP contribution in [0.3, 0.4) is 0 Å². The maximum Gasteiger partial charge on any atom is 0.251 e. The Hall–Kier alpha value is -2.05. The molecule has 0 radical (unpaired) electrons. The fraction of sp³-hybridized carbons (Fsp3) is 0.583. The number of aromatic amines is 1. The minimum Gasteiger partial charge on any atom is -0.385 e. The lowest BCUT2D eigenvalue weighted by atomic mass is 9.95. The number of aryl methyl sites for hydroxylation is 1. The van der Waals surface area contributed by atoms with Crippen molar-refractivity contribution in [1.29, 1.82) is 0 Å².